The largest absolute Gasteiger partial charge is 0.420 e. The average molecular weight is 228 g/mol. The van der Waals surface area contributed by atoms with E-state index in [4.69, 9.17) is 0 Å². The van der Waals surface area contributed by atoms with Gasteiger partial charge in [-0.25, -0.2) is 27.3 Å². The van der Waals surface area contributed by atoms with E-state index in [0.717, 1.165) is 0 Å². The number of carbonyl (C=O) groups excluding carboxylic acids is 1. The zero-order valence-electron chi connectivity index (χ0n) is 6.19. The van der Waals surface area contributed by atoms with Crippen molar-refractivity contribution in [2.45, 2.75) is 24.7 Å². The Hall–Kier alpha value is -1.02. The van der Waals surface area contributed by atoms with Crippen LogP contribution in [0.25, 0.3) is 0 Å². The fourth-order valence-corrected chi connectivity index (χ4v) is 0.492. The van der Waals surface area contributed by atoms with E-state index in [-0.39, 0.29) is 0 Å². The molecule has 0 aliphatic carbocycles. The minimum absolute atomic E-state index is 1.93. The first-order valence-electron chi connectivity index (χ1n) is 3.02. The van der Waals surface area contributed by atoms with Gasteiger partial charge in [0.15, 0.2) is 6.17 Å². The second-order valence-corrected chi connectivity index (χ2v) is 2.17. The van der Waals surface area contributed by atoms with Crippen LogP contribution in [0.15, 0.2) is 0 Å². The van der Waals surface area contributed by atoms with E-state index in [1.807, 2.05) is 4.94 Å². The summed E-state index contributed by atoms with van der Waals surface area (Å²) in [5.41, 5.74) is 0. The van der Waals surface area contributed by atoms with E-state index in [2.05, 4.69) is 0 Å². The third-order valence-corrected chi connectivity index (χ3v) is 1.21. The van der Waals surface area contributed by atoms with Crippen molar-refractivity contribution in [1.82, 2.24) is 0 Å². The van der Waals surface area contributed by atoms with Crippen LogP contribution < -0.4 is 0 Å². The minimum atomic E-state index is -5.29. The van der Waals surface area contributed by atoms with E-state index in [1.54, 1.807) is 0 Å². The van der Waals surface area contributed by atoms with Gasteiger partial charge in [-0.2, -0.15) is 8.78 Å². The van der Waals surface area contributed by atoms with E-state index in [9.17, 15) is 35.7 Å². The summed E-state index contributed by atoms with van der Waals surface area (Å²) < 4.78 is 82.1. The SMILES string of the molecule is O=C(OF)C(F)(F)C(F)C(F)C(F)F. The lowest BCUT2D eigenvalue weighted by molar-refractivity contribution is -0.225. The van der Waals surface area contributed by atoms with Crippen LogP contribution in [0.3, 0.4) is 0 Å². The van der Waals surface area contributed by atoms with Crippen LogP contribution in [0.2, 0.25) is 0 Å². The molecule has 2 atom stereocenters. The lowest BCUT2D eigenvalue weighted by atomic mass is 10.1. The molecule has 0 N–H and O–H groups in total. The fourth-order valence-electron chi connectivity index (χ4n) is 0.492. The average Bonchev–Trinajstić information content (AvgIpc) is 2.13. The summed E-state index contributed by atoms with van der Waals surface area (Å²) in [5, 5.41) is 0. The Labute approximate surface area is 72.5 Å². The molecule has 0 bridgehead atoms. The van der Waals surface area contributed by atoms with Gasteiger partial charge in [-0.3, -0.25) is 0 Å². The van der Waals surface area contributed by atoms with Crippen LogP contribution in [0.1, 0.15) is 0 Å². The molecule has 2 unspecified atom stereocenters. The van der Waals surface area contributed by atoms with Crippen LogP contribution in [-0.4, -0.2) is 30.7 Å². The molecule has 0 saturated carbocycles. The van der Waals surface area contributed by atoms with Crippen molar-refractivity contribution >= 4 is 5.97 Å². The topological polar surface area (TPSA) is 26.3 Å². The molecule has 0 aliphatic heterocycles. The van der Waals surface area contributed by atoms with Gasteiger partial charge in [0, 0.05) is 4.53 Å². The van der Waals surface area contributed by atoms with Crippen LogP contribution in [0.4, 0.5) is 30.9 Å². The van der Waals surface area contributed by atoms with Gasteiger partial charge in [-0.15, -0.1) is 0 Å². The zero-order chi connectivity index (χ0) is 11.5. The molecule has 0 aromatic rings. The highest BCUT2D eigenvalue weighted by Gasteiger charge is 2.56. The Kier molecular flexibility index (Phi) is 4.14. The maximum Gasteiger partial charge on any atom is 0.420 e. The summed E-state index contributed by atoms with van der Waals surface area (Å²) in [7, 11) is 0. The van der Waals surface area contributed by atoms with Crippen LogP contribution in [0, 0.1) is 0 Å². The molecule has 0 aromatic heterocycles. The van der Waals surface area contributed by atoms with Crippen molar-refractivity contribution in [2.24, 2.45) is 0 Å². The van der Waals surface area contributed by atoms with Gasteiger partial charge >= 0.3 is 11.9 Å². The normalized spacial score (nSPS) is 16.6. The molecule has 0 radical (unpaired) electrons. The van der Waals surface area contributed by atoms with E-state index >= 15 is 0 Å². The Morgan fingerprint density at radius 1 is 1.14 bits per heavy atom. The summed E-state index contributed by atoms with van der Waals surface area (Å²) in [6.07, 6.45) is -12.1. The van der Waals surface area contributed by atoms with Gasteiger partial charge in [0.25, 0.3) is 6.43 Å². The number of alkyl halides is 6. The number of halogens is 7. The molecular weight excluding hydrogens is 225 g/mol. The maximum atomic E-state index is 12.2. The standard InChI is InChI=1S/C5H3F7O2/c6-1(3(8)9)2(7)5(10,11)4(13)14-12/h1-3H. The molecule has 0 fully saturated rings. The van der Waals surface area contributed by atoms with Gasteiger partial charge in [0.1, 0.15) is 0 Å². The first kappa shape index (κ1) is 13.0. The molecule has 9 heteroatoms. The van der Waals surface area contributed by atoms with Crippen molar-refractivity contribution in [2.75, 3.05) is 0 Å². The van der Waals surface area contributed by atoms with Crippen molar-refractivity contribution < 1.29 is 40.6 Å². The number of carbonyl (C=O) groups is 1. The van der Waals surface area contributed by atoms with Gasteiger partial charge < -0.3 is 0 Å². The highest BCUT2D eigenvalue weighted by Crippen LogP contribution is 2.29. The van der Waals surface area contributed by atoms with Gasteiger partial charge in [0.2, 0.25) is 6.17 Å². The Morgan fingerprint density at radius 3 is 1.86 bits per heavy atom. The first-order chi connectivity index (χ1) is 6.25. The quantitative estimate of drug-likeness (QED) is 0.688. The van der Waals surface area contributed by atoms with Crippen molar-refractivity contribution in [3.63, 3.8) is 0 Å². The maximum absolute atomic E-state index is 12.2. The van der Waals surface area contributed by atoms with E-state index in [0.29, 0.717) is 0 Å². The molecule has 14 heavy (non-hydrogen) atoms. The highest BCUT2D eigenvalue weighted by molar-refractivity contribution is 5.77. The lowest BCUT2D eigenvalue weighted by Crippen LogP contribution is -2.46. The van der Waals surface area contributed by atoms with Crippen LogP contribution in [0.5, 0.6) is 0 Å². The molecule has 0 spiro atoms. The first-order valence-corrected chi connectivity index (χ1v) is 3.02. The predicted octanol–water partition coefficient (Wildman–Crippen LogP) is 1.99. The molecule has 2 nitrogen and oxygen atoms in total. The predicted molar refractivity (Wildman–Crippen MR) is 27.9 cm³/mol. The Bertz CT molecular complexity index is 206. The molecule has 0 amide bonds. The third kappa shape index (κ3) is 2.48. The number of hydrogen-bond donors (Lipinski definition) is 0. The molecule has 0 saturated heterocycles. The number of hydrogen-bond acceptors (Lipinski definition) is 2. The summed E-state index contributed by atoms with van der Waals surface area (Å²) in [6.45, 7) is 0. The summed E-state index contributed by atoms with van der Waals surface area (Å²) in [6, 6.07) is 0. The van der Waals surface area contributed by atoms with Crippen molar-refractivity contribution in [1.29, 1.82) is 0 Å². The summed E-state index contributed by atoms with van der Waals surface area (Å²) in [5.74, 6) is -8.35. The molecule has 0 rings (SSSR count). The summed E-state index contributed by atoms with van der Waals surface area (Å²) in [4.78, 5) is 11.7. The highest BCUT2D eigenvalue weighted by atomic mass is 19.3. The monoisotopic (exact) mass is 228 g/mol. The van der Waals surface area contributed by atoms with Gasteiger partial charge in [-0.05, 0) is 0 Å². The van der Waals surface area contributed by atoms with Gasteiger partial charge in [-0.1, -0.05) is 0 Å². The summed E-state index contributed by atoms with van der Waals surface area (Å²) >= 11 is 0. The minimum Gasteiger partial charge on any atom is -0.248 e. The molecular formula is C5H3F7O2. The second kappa shape index (κ2) is 4.47. The third-order valence-electron chi connectivity index (χ3n) is 1.21. The van der Waals surface area contributed by atoms with E-state index < -0.39 is 30.7 Å². The molecule has 84 valence electrons. The fraction of sp³-hybridized carbons (Fsp3) is 0.800. The van der Waals surface area contributed by atoms with Crippen LogP contribution in [-0.2, 0) is 9.74 Å². The molecule has 0 aliphatic rings. The molecule has 0 heterocycles. The van der Waals surface area contributed by atoms with Crippen molar-refractivity contribution in [3.8, 4) is 0 Å². The zero-order valence-corrected chi connectivity index (χ0v) is 6.19. The van der Waals surface area contributed by atoms with E-state index in [1.165, 1.54) is 0 Å². The molecule has 0 aromatic carbocycles. The Morgan fingerprint density at radius 2 is 1.57 bits per heavy atom. The van der Waals surface area contributed by atoms with Crippen molar-refractivity contribution in [3.05, 3.63) is 0 Å². The second-order valence-electron chi connectivity index (χ2n) is 2.17. The van der Waals surface area contributed by atoms with Gasteiger partial charge in [0.05, 0.1) is 0 Å². The lowest BCUT2D eigenvalue weighted by Gasteiger charge is -2.18. The smallest absolute Gasteiger partial charge is 0.248 e. The number of rotatable bonds is 4. The Balaban J connectivity index is 4.65. The van der Waals surface area contributed by atoms with Crippen LogP contribution >= 0.6 is 0 Å².